The number of hydrogen-bond acceptors (Lipinski definition) is 3. The topological polar surface area (TPSA) is 62.4 Å². The molecule has 2 aromatic carbocycles. The molecule has 1 aromatic heterocycles. The predicted octanol–water partition coefficient (Wildman–Crippen LogP) is 2.88. The largest absolute Gasteiger partial charge is 0.370 e. The Bertz CT molecular complexity index is 1020. The minimum atomic E-state index is -0.511. The van der Waals surface area contributed by atoms with Gasteiger partial charge in [0.05, 0.1) is 13.2 Å². The van der Waals surface area contributed by atoms with Crippen molar-refractivity contribution in [1.29, 1.82) is 0 Å². The number of nitrogens with one attached hydrogen (secondary N) is 1. The van der Waals surface area contributed by atoms with E-state index in [1.165, 1.54) is 18.3 Å². The summed E-state index contributed by atoms with van der Waals surface area (Å²) < 4.78 is 19.2. The number of ether oxygens (including phenoxy) is 1. The number of H-pyrrole nitrogens is 1. The minimum Gasteiger partial charge on any atom is -0.370 e. The van der Waals surface area contributed by atoms with Gasteiger partial charge in [0.15, 0.2) is 0 Å². The number of amides is 1. The van der Waals surface area contributed by atoms with Crippen molar-refractivity contribution in [1.82, 2.24) is 9.88 Å². The highest BCUT2D eigenvalue weighted by Crippen LogP contribution is 2.23. The summed E-state index contributed by atoms with van der Waals surface area (Å²) in [5, 5.41) is 0.170. The van der Waals surface area contributed by atoms with Crippen molar-refractivity contribution in [2.45, 2.75) is 6.10 Å². The highest BCUT2D eigenvalue weighted by molar-refractivity contribution is 5.97. The molecule has 1 fully saturated rings. The van der Waals surface area contributed by atoms with E-state index in [-0.39, 0.29) is 23.0 Å². The number of carbonyl (C=O) groups excluding carboxylic acids is 1. The van der Waals surface area contributed by atoms with Crippen molar-refractivity contribution in [3.8, 4) is 0 Å². The Morgan fingerprint density at radius 3 is 2.81 bits per heavy atom. The van der Waals surface area contributed by atoms with Crippen LogP contribution >= 0.6 is 0 Å². The highest BCUT2D eigenvalue weighted by atomic mass is 19.1. The maximum atomic E-state index is 13.5. The van der Waals surface area contributed by atoms with E-state index in [2.05, 4.69) is 4.98 Å². The van der Waals surface area contributed by atoms with E-state index in [1.54, 1.807) is 4.90 Å². The van der Waals surface area contributed by atoms with Gasteiger partial charge in [-0.15, -0.1) is 0 Å². The van der Waals surface area contributed by atoms with Gasteiger partial charge in [-0.25, -0.2) is 4.39 Å². The van der Waals surface area contributed by atoms with Gasteiger partial charge in [0.25, 0.3) is 5.91 Å². The van der Waals surface area contributed by atoms with Crippen molar-refractivity contribution in [2.24, 2.45) is 0 Å². The third-order valence-electron chi connectivity index (χ3n) is 4.60. The molecule has 0 spiro atoms. The Morgan fingerprint density at radius 1 is 1.19 bits per heavy atom. The number of hydrogen-bond donors (Lipinski definition) is 1. The summed E-state index contributed by atoms with van der Waals surface area (Å²) in [6, 6.07) is 13.6. The van der Waals surface area contributed by atoms with Gasteiger partial charge in [0.2, 0.25) is 5.43 Å². The number of pyridine rings is 1. The van der Waals surface area contributed by atoms with Crippen LogP contribution in [0.15, 0.2) is 59.5 Å². The second-order valence-electron chi connectivity index (χ2n) is 6.24. The van der Waals surface area contributed by atoms with Gasteiger partial charge in [-0.3, -0.25) is 9.59 Å². The zero-order chi connectivity index (χ0) is 18.1. The quantitative estimate of drug-likeness (QED) is 0.771. The van der Waals surface area contributed by atoms with Crippen molar-refractivity contribution >= 4 is 16.8 Å². The van der Waals surface area contributed by atoms with Gasteiger partial charge in [0, 0.05) is 23.6 Å². The Morgan fingerprint density at radius 2 is 2.00 bits per heavy atom. The zero-order valence-corrected chi connectivity index (χ0v) is 13.9. The van der Waals surface area contributed by atoms with Gasteiger partial charge in [-0.1, -0.05) is 30.3 Å². The molecule has 1 amide bonds. The van der Waals surface area contributed by atoms with Gasteiger partial charge < -0.3 is 14.6 Å². The van der Waals surface area contributed by atoms with E-state index in [0.29, 0.717) is 25.2 Å². The molecule has 4 rings (SSSR count). The van der Waals surface area contributed by atoms with E-state index < -0.39 is 11.2 Å². The van der Waals surface area contributed by atoms with E-state index >= 15 is 0 Å². The van der Waals surface area contributed by atoms with Crippen LogP contribution in [0.3, 0.4) is 0 Å². The highest BCUT2D eigenvalue weighted by Gasteiger charge is 2.27. The maximum absolute atomic E-state index is 13.5. The molecule has 3 aromatic rings. The molecule has 1 saturated heterocycles. The van der Waals surface area contributed by atoms with Crippen LogP contribution in [0.4, 0.5) is 4.39 Å². The van der Waals surface area contributed by atoms with Crippen molar-refractivity contribution < 1.29 is 13.9 Å². The first-order valence-corrected chi connectivity index (χ1v) is 8.40. The molecule has 1 N–H and O–H groups in total. The average Bonchev–Trinajstić information content (AvgIpc) is 2.69. The lowest BCUT2D eigenvalue weighted by Crippen LogP contribution is -2.43. The molecular formula is C20H17FN2O3. The number of halogens is 1. The van der Waals surface area contributed by atoms with Gasteiger partial charge in [-0.05, 0) is 23.8 Å². The molecule has 0 bridgehead atoms. The van der Waals surface area contributed by atoms with Crippen LogP contribution in [0.25, 0.3) is 10.9 Å². The second kappa shape index (κ2) is 6.72. The molecule has 0 radical (unpaired) electrons. The van der Waals surface area contributed by atoms with Crippen LogP contribution < -0.4 is 5.43 Å². The lowest BCUT2D eigenvalue weighted by molar-refractivity contribution is -0.0228. The molecule has 2 heterocycles. The Hall–Kier alpha value is -2.99. The van der Waals surface area contributed by atoms with Crippen LogP contribution in [-0.2, 0) is 4.74 Å². The lowest BCUT2D eigenvalue weighted by Gasteiger charge is -2.33. The fourth-order valence-corrected chi connectivity index (χ4v) is 3.22. The van der Waals surface area contributed by atoms with E-state index in [0.717, 1.165) is 11.6 Å². The van der Waals surface area contributed by atoms with Crippen LogP contribution in [-0.4, -0.2) is 35.5 Å². The number of benzene rings is 2. The molecule has 26 heavy (non-hydrogen) atoms. The van der Waals surface area contributed by atoms with E-state index in [4.69, 9.17) is 4.74 Å². The number of rotatable bonds is 2. The van der Waals surface area contributed by atoms with E-state index in [9.17, 15) is 14.0 Å². The van der Waals surface area contributed by atoms with Crippen molar-refractivity contribution in [3.05, 3.63) is 81.9 Å². The molecular weight excluding hydrogens is 335 g/mol. The zero-order valence-electron chi connectivity index (χ0n) is 13.9. The number of morpholine rings is 1. The first-order chi connectivity index (χ1) is 12.6. The van der Waals surface area contributed by atoms with Crippen LogP contribution in [0.1, 0.15) is 22.0 Å². The molecule has 1 aliphatic heterocycles. The van der Waals surface area contributed by atoms with Gasteiger partial charge >= 0.3 is 0 Å². The predicted molar refractivity (Wildman–Crippen MR) is 95.6 cm³/mol. The molecule has 1 atom stereocenters. The van der Waals surface area contributed by atoms with Crippen LogP contribution in [0.2, 0.25) is 0 Å². The number of aromatic amines is 1. The third kappa shape index (κ3) is 2.99. The molecule has 1 unspecified atom stereocenters. The molecule has 132 valence electrons. The standard InChI is InChI=1S/C20H17FN2O3/c21-14-6-7-17-15(10-14)19(24)16(11-22-17)20(25)23-8-9-26-18(12-23)13-4-2-1-3-5-13/h1-7,10-11,18H,8-9,12H2,(H,22,24). The summed E-state index contributed by atoms with van der Waals surface area (Å²) in [7, 11) is 0. The Balaban J connectivity index is 1.64. The van der Waals surface area contributed by atoms with E-state index in [1.807, 2.05) is 30.3 Å². The summed E-state index contributed by atoms with van der Waals surface area (Å²) >= 11 is 0. The second-order valence-corrected chi connectivity index (χ2v) is 6.24. The molecule has 6 heteroatoms. The average molecular weight is 352 g/mol. The third-order valence-corrected chi connectivity index (χ3v) is 4.60. The number of carbonyl (C=O) groups is 1. The van der Waals surface area contributed by atoms with Gasteiger partial charge in [0.1, 0.15) is 17.5 Å². The smallest absolute Gasteiger partial charge is 0.259 e. The van der Waals surface area contributed by atoms with Crippen LogP contribution in [0.5, 0.6) is 0 Å². The number of fused-ring (bicyclic) bond motifs is 1. The first kappa shape index (κ1) is 16.5. The fraction of sp³-hybridized carbons (Fsp3) is 0.200. The van der Waals surface area contributed by atoms with Crippen molar-refractivity contribution in [3.63, 3.8) is 0 Å². The summed E-state index contributed by atoms with van der Waals surface area (Å²) in [4.78, 5) is 30.0. The summed E-state index contributed by atoms with van der Waals surface area (Å²) in [5.74, 6) is -0.884. The monoisotopic (exact) mass is 352 g/mol. The minimum absolute atomic E-state index is 0.0109. The summed E-state index contributed by atoms with van der Waals surface area (Å²) in [6.45, 7) is 1.16. The fourth-order valence-electron chi connectivity index (χ4n) is 3.22. The van der Waals surface area contributed by atoms with Crippen molar-refractivity contribution in [2.75, 3.05) is 19.7 Å². The summed E-state index contributed by atoms with van der Waals surface area (Å²) in [5.41, 5.74) is 1.03. The molecule has 5 nitrogen and oxygen atoms in total. The molecule has 1 aliphatic rings. The lowest BCUT2D eigenvalue weighted by atomic mass is 10.1. The first-order valence-electron chi connectivity index (χ1n) is 8.40. The van der Waals surface area contributed by atoms with Gasteiger partial charge in [-0.2, -0.15) is 0 Å². The SMILES string of the molecule is O=C(c1c[nH]c2ccc(F)cc2c1=O)N1CCOC(c2ccccc2)C1. The maximum Gasteiger partial charge on any atom is 0.259 e. The Kier molecular flexibility index (Phi) is 4.26. The number of aromatic nitrogens is 1. The normalized spacial score (nSPS) is 17.4. The summed E-state index contributed by atoms with van der Waals surface area (Å²) in [6.07, 6.45) is 1.17. The molecule has 0 saturated carbocycles. The number of nitrogens with zero attached hydrogens (tertiary/aromatic N) is 1. The Labute approximate surface area is 149 Å². The van der Waals surface area contributed by atoms with Crippen LogP contribution in [0, 0.1) is 5.82 Å². The molecule has 0 aliphatic carbocycles.